The van der Waals surface area contributed by atoms with E-state index in [0.29, 0.717) is 13.2 Å². The molecule has 0 amide bonds. The SMILES string of the molecule is CCOc1c(I)cccc1-c1cccc(I)c1OCC. The van der Waals surface area contributed by atoms with E-state index in [1.807, 2.05) is 13.8 Å². The average molecular weight is 494 g/mol. The van der Waals surface area contributed by atoms with Crippen LogP contribution in [0, 0.1) is 7.14 Å². The van der Waals surface area contributed by atoms with E-state index in [1.165, 1.54) is 0 Å². The van der Waals surface area contributed by atoms with Crippen LogP contribution in [0.5, 0.6) is 11.5 Å². The van der Waals surface area contributed by atoms with Gasteiger partial charge in [-0.1, -0.05) is 24.3 Å². The summed E-state index contributed by atoms with van der Waals surface area (Å²) >= 11 is 4.62. The van der Waals surface area contributed by atoms with Gasteiger partial charge in [0.25, 0.3) is 0 Å². The van der Waals surface area contributed by atoms with Gasteiger partial charge in [0.15, 0.2) is 0 Å². The highest BCUT2D eigenvalue weighted by atomic mass is 127. The Balaban J connectivity index is 2.62. The molecule has 2 aromatic rings. The summed E-state index contributed by atoms with van der Waals surface area (Å²) < 4.78 is 13.9. The van der Waals surface area contributed by atoms with Crippen molar-refractivity contribution in [2.24, 2.45) is 0 Å². The fourth-order valence-corrected chi connectivity index (χ4v) is 3.33. The van der Waals surface area contributed by atoms with Gasteiger partial charge in [-0.2, -0.15) is 0 Å². The van der Waals surface area contributed by atoms with Crippen molar-refractivity contribution in [3.05, 3.63) is 43.5 Å². The Hall–Kier alpha value is -0.500. The molecular weight excluding hydrogens is 478 g/mol. The minimum atomic E-state index is 0.654. The number of hydrogen-bond acceptors (Lipinski definition) is 2. The molecule has 20 heavy (non-hydrogen) atoms. The van der Waals surface area contributed by atoms with Crippen molar-refractivity contribution in [1.82, 2.24) is 0 Å². The molecule has 0 aliphatic carbocycles. The summed E-state index contributed by atoms with van der Waals surface area (Å²) in [6, 6.07) is 12.4. The molecule has 0 fully saturated rings. The smallest absolute Gasteiger partial charge is 0.140 e. The number of hydrogen-bond donors (Lipinski definition) is 0. The van der Waals surface area contributed by atoms with Crippen LogP contribution in [0.1, 0.15) is 13.8 Å². The molecule has 0 heterocycles. The molecule has 0 aliphatic heterocycles. The first-order valence-electron chi connectivity index (χ1n) is 6.52. The molecule has 2 rings (SSSR count). The number of halogens is 2. The normalized spacial score (nSPS) is 10.4. The largest absolute Gasteiger partial charge is 0.492 e. The molecular formula is C16H16I2O2. The third kappa shape index (κ3) is 3.39. The summed E-state index contributed by atoms with van der Waals surface area (Å²) in [5.41, 5.74) is 2.17. The predicted molar refractivity (Wildman–Crippen MR) is 99.7 cm³/mol. The molecule has 0 bridgehead atoms. The summed E-state index contributed by atoms with van der Waals surface area (Å²) in [7, 11) is 0. The van der Waals surface area contributed by atoms with Gasteiger partial charge in [0.2, 0.25) is 0 Å². The van der Waals surface area contributed by atoms with Gasteiger partial charge in [-0.3, -0.25) is 0 Å². The van der Waals surface area contributed by atoms with Crippen LogP contribution in [0.2, 0.25) is 0 Å². The van der Waals surface area contributed by atoms with Crippen LogP contribution in [0.3, 0.4) is 0 Å². The van der Waals surface area contributed by atoms with Crippen molar-refractivity contribution in [3.63, 3.8) is 0 Å². The lowest BCUT2D eigenvalue weighted by atomic mass is 10.0. The van der Waals surface area contributed by atoms with Gasteiger partial charge in [-0.05, 0) is 71.2 Å². The Kier molecular flexibility index (Phi) is 5.95. The van der Waals surface area contributed by atoms with Crippen molar-refractivity contribution in [3.8, 4) is 22.6 Å². The maximum Gasteiger partial charge on any atom is 0.140 e. The van der Waals surface area contributed by atoms with Crippen molar-refractivity contribution in [2.75, 3.05) is 13.2 Å². The Labute approximate surface area is 147 Å². The van der Waals surface area contributed by atoms with Gasteiger partial charge < -0.3 is 9.47 Å². The zero-order valence-electron chi connectivity index (χ0n) is 11.5. The third-order valence-corrected chi connectivity index (χ3v) is 4.50. The molecule has 106 valence electrons. The average Bonchev–Trinajstić information content (AvgIpc) is 2.44. The van der Waals surface area contributed by atoms with Crippen molar-refractivity contribution < 1.29 is 9.47 Å². The molecule has 0 N–H and O–H groups in total. The van der Waals surface area contributed by atoms with Gasteiger partial charge in [0.05, 0.1) is 20.4 Å². The highest BCUT2D eigenvalue weighted by molar-refractivity contribution is 14.1. The van der Waals surface area contributed by atoms with Crippen LogP contribution < -0.4 is 9.47 Å². The summed E-state index contributed by atoms with van der Waals surface area (Å²) in [5.74, 6) is 1.86. The first kappa shape index (κ1) is 15.9. The van der Waals surface area contributed by atoms with Crippen LogP contribution in [0.25, 0.3) is 11.1 Å². The first-order valence-corrected chi connectivity index (χ1v) is 8.67. The monoisotopic (exact) mass is 494 g/mol. The quantitative estimate of drug-likeness (QED) is 0.522. The predicted octanol–water partition coefficient (Wildman–Crippen LogP) is 5.36. The minimum Gasteiger partial charge on any atom is -0.492 e. The minimum absolute atomic E-state index is 0.654. The first-order chi connectivity index (χ1) is 9.69. The third-order valence-electron chi connectivity index (χ3n) is 2.80. The Morgan fingerprint density at radius 2 is 1.15 bits per heavy atom. The van der Waals surface area contributed by atoms with Crippen molar-refractivity contribution in [1.29, 1.82) is 0 Å². The Morgan fingerprint density at radius 1 is 0.750 bits per heavy atom. The van der Waals surface area contributed by atoms with Crippen molar-refractivity contribution in [2.45, 2.75) is 13.8 Å². The fraction of sp³-hybridized carbons (Fsp3) is 0.250. The van der Waals surface area contributed by atoms with E-state index < -0.39 is 0 Å². The number of benzene rings is 2. The lowest BCUT2D eigenvalue weighted by Gasteiger charge is -2.16. The summed E-state index contributed by atoms with van der Waals surface area (Å²) in [4.78, 5) is 0. The molecule has 0 spiro atoms. The molecule has 0 aromatic heterocycles. The topological polar surface area (TPSA) is 18.5 Å². The second-order valence-corrected chi connectivity index (χ2v) is 6.42. The van der Waals surface area contributed by atoms with E-state index in [2.05, 4.69) is 81.6 Å². The fourth-order valence-electron chi connectivity index (χ4n) is 2.02. The molecule has 0 aliphatic rings. The molecule has 0 atom stereocenters. The van der Waals surface area contributed by atoms with Gasteiger partial charge in [-0.15, -0.1) is 0 Å². The lowest BCUT2D eigenvalue weighted by Crippen LogP contribution is -2.00. The maximum atomic E-state index is 5.83. The molecule has 2 aromatic carbocycles. The highest BCUT2D eigenvalue weighted by Gasteiger charge is 2.15. The van der Waals surface area contributed by atoms with E-state index in [0.717, 1.165) is 29.8 Å². The van der Waals surface area contributed by atoms with Gasteiger partial charge in [-0.25, -0.2) is 0 Å². The van der Waals surface area contributed by atoms with E-state index in [4.69, 9.17) is 9.47 Å². The molecule has 2 nitrogen and oxygen atoms in total. The molecule has 0 saturated carbocycles. The van der Waals surface area contributed by atoms with Crippen LogP contribution in [-0.4, -0.2) is 13.2 Å². The standard InChI is InChI=1S/C16H16I2O2/c1-3-19-15-11(7-5-9-13(15)17)12-8-6-10-14(18)16(12)20-4-2/h5-10H,3-4H2,1-2H3. The highest BCUT2D eigenvalue weighted by Crippen LogP contribution is 2.40. The Bertz CT molecular complexity index is 544. The summed E-state index contributed by atoms with van der Waals surface area (Å²) in [6.07, 6.45) is 0. The zero-order valence-corrected chi connectivity index (χ0v) is 15.8. The molecule has 0 unspecified atom stereocenters. The summed E-state index contributed by atoms with van der Waals surface area (Å²) in [6.45, 7) is 5.32. The van der Waals surface area contributed by atoms with Crippen LogP contribution in [0.15, 0.2) is 36.4 Å². The maximum absolute atomic E-state index is 5.83. The van der Waals surface area contributed by atoms with Crippen LogP contribution in [-0.2, 0) is 0 Å². The number of para-hydroxylation sites is 2. The van der Waals surface area contributed by atoms with E-state index in [-0.39, 0.29) is 0 Å². The van der Waals surface area contributed by atoms with Gasteiger partial charge in [0, 0.05) is 11.1 Å². The summed E-state index contributed by atoms with van der Waals surface area (Å²) in [5, 5.41) is 0. The van der Waals surface area contributed by atoms with E-state index in [1.54, 1.807) is 0 Å². The molecule has 4 heteroatoms. The van der Waals surface area contributed by atoms with Crippen LogP contribution in [0.4, 0.5) is 0 Å². The van der Waals surface area contributed by atoms with E-state index >= 15 is 0 Å². The lowest BCUT2D eigenvalue weighted by molar-refractivity contribution is 0.334. The van der Waals surface area contributed by atoms with Crippen molar-refractivity contribution >= 4 is 45.2 Å². The zero-order chi connectivity index (χ0) is 14.5. The number of rotatable bonds is 5. The van der Waals surface area contributed by atoms with E-state index in [9.17, 15) is 0 Å². The second-order valence-electron chi connectivity index (χ2n) is 4.10. The second kappa shape index (κ2) is 7.49. The molecule has 0 saturated heterocycles. The Morgan fingerprint density at radius 3 is 1.50 bits per heavy atom. The van der Waals surface area contributed by atoms with Gasteiger partial charge in [0.1, 0.15) is 11.5 Å². The van der Waals surface area contributed by atoms with Crippen LogP contribution >= 0.6 is 45.2 Å². The number of ether oxygens (including phenoxy) is 2. The molecule has 0 radical (unpaired) electrons. The van der Waals surface area contributed by atoms with Gasteiger partial charge >= 0.3 is 0 Å².